The van der Waals surface area contributed by atoms with Crippen molar-refractivity contribution in [3.05, 3.63) is 11.4 Å². The lowest BCUT2D eigenvalue weighted by Gasteiger charge is -2.28. The predicted molar refractivity (Wildman–Crippen MR) is 89.2 cm³/mol. The van der Waals surface area contributed by atoms with E-state index in [-0.39, 0.29) is 0 Å². The first-order valence-electron chi connectivity index (χ1n) is 7.47. The minimum Gasteiger partial charge on any atom is -0.370 e. The largest absolute Gasteiger partial charge is 0.370 e. The van der Waals surface area contributed by atoms with Crippen molar-refractivity contribution in [3.8, 4) is 0 Å². The van der Waals surface area contributed by atoms with E-state index in [1.54, 1.807) is 0 Å². The van der Waals surface area contributed by atoms with E-state index in [1.165, 1.54) is 17.9 Å². The van der Waals surface area contributed by atoms with Crippen LogP contribution in [-0.2, 0) is 0 Å². The molecule has 1 unspecified atom stereocenters. The Morgan fingerprint density at radius 3 is 2.70 bits per heavy atom. The highest BCUT2D eigenvalue weighted by Crippen LogP contribution is 2.30. The molecule has 1 aromatic rings. The topological polar surface area (TPSA) is 41.1 Å². The monoisotopic (exact) mass is 294 g/mol. The Hall–Kier alpha value is -0.970. The number of nitrogens with zero attached hydrogens (tertiary/aromatic N) is 3. The summed E-state index contributed by atoms with van der Waals surface area (Å²) < 4.78 is 0. The van der Waals surface area contributed by atoms with E-state index in [4.69, 9.17) is 4.98 Å². The minimum absolute atomic E-state index is 0.345. The van der Waals surface area contributed by atoms with Gasteiger partial charge in [0.25, 0.3) is 0 Å². The molecule has 1 aromatic heterocycles. The van der Waals surface area contributed by atoms with Gasteiger partial charge in [-0.15, -0.1) is 0 Å². The van der Waals surface area contributed by atoms with Gasteiger partial charge in [-0.2, -0.15) is 11.8 Å². The van der Waals surface area contributed by atoms with E-state index >= 15 is 0 Å². The molecule has 2 rings (SSSR count). The fourth-order valence-electron chi connectivity index (χ4n) is 2.46. The van der Waals surface area contributed by atoms with Crippen LogP contribution in [0, 0.1) is 6.92 Å². The second-order valence-electron chi connectivity index (χ2n) is 5.69. The Kier molecular flexibility index (Phi) is 5.13. The molecule has 0 aliphatic carbocycles. The van der Waals surface area contributed by atoms with Gasteiger partial charge in [0.05, 0.1) is 0 Å². The summed E-state index contributed by atoms with van der Waals surface area (Å²) in [6.07, 6.45) is 1.25. The lowest BCUT2D eigenvalue weighted by Crippen LogP contribution is -2.33. The number of aromatic nitrogens is 2. The van der Waals surface area contributed by atoms with Crippen molar-refractivity contribution >= 4 is 23.4 Å². The molecular formula is C15H26N4S. The molecule has 20 heavy (non-hydrogen) atoms. The van der Waals surface area contributed by atoms with Crippen LogP contribution in [0.25, 0.3) is 0 Å². The zero-order chi connectivity index (χ0) is 14.7. The maximum Gasteiger partial charge on any atom is 0.137 e. The standard InChI is InChI=1S/C15H26N4S/c1-6-16-14-11(4)15(18-13(17-14)10(2)3)19(5)12-7-8-20-9-12/h10,12H,6-9H2,1-5H3,(H,16,17,18). The van der Waals surface area contributed by atoms with Crippen LogP contribution in [-0.4, -0.2) is 41.1 Å². The average molecular weight is 294 g/mol. The summed E-state index contributed by atoms with van der Waals surface area (Å²) in [4.78, 5) is 11.9. The SMILES string of the molecule is CCNc1nc(C(C)C)nc(N(C)C2CCSC2)c1C. The molecule has 5 heteroatoms. The van der Waals surface area contributed by atoms with Crippen molar-refractivity contribution in [1.29, 1.82) is 0 Å². The van der Waals surface area contributed by atoms with Gasteiger partial charge in [0.15, 0.2) is 0 Å². The third kappa shape index (κ3) is 3.19. The Morgan fingerprint density at radius 2 is 2.15 bits per heavy atom. The Balaban J connectivity index is 2.38. The zero-order valence-corrected chi connectivity index (χ0v) is 14.0. The molecule has 0 radical (unpaired) electrons. The predicted octanol–water partition coefficient (Wildman–Crippen LogP) is 3.28. The molecule has 1 aliphatic heterocycles. The van der Waals surface area contributed by atoms with Gasteiger partial charge in [0, 0.05) is 36.9 Å². The molecule has 1 saturated heterocycles. The Morgan fingerprint density at radius 1 is 1.40 bits per heavy atom. The number of rotatable bonds is 5. The number of nitrogens with one attached hydrogen (secondary N) is 1. The van der Waals surface area contributed by atoms with Crippen LogP contribution < -0.4 is 10.2 Å². The van der Waals surface area contributed by atoms with Gasteiger partial charge in [0.1, 0.15) is 17.5 Å². The van der Waals surface area contributed by atoms with E-state index in [9.17, 15) is 0 Å². The van der Waals surface area contributed by atoms with Crippen LogP contribution in [0.1, 0.15) is 44.5 Å². The number of hydrogen-bond donors (Lipinski definition) is 1. The Bertz CT molecular complexity index is 455. The second-order valence-corrected chi connectivity index (χ2v) is 6.84. The molecule has 0 amide bonds. The molecule has 1 atom stereocenters. The van der Waals surface area contributed by atoms with Crippen molar-refractivity contribution in [2.45, 2.75) is 46.1 Å². The fraction of sp³-hybridized carbons (Fsp3) is 0.733. The van der Waals surface area contributed by atoms with E-state index in [0.717, 1.165) is 29.6 Å². The van der Waals surface area contributed by atoms with Gasteiger partial charge in [-0.1, -0.05) is 13.8 Å². The summed E-state index contributed by atoms with van der Waals surface area (Å²) >= 11 is 2.04. The average Bonchev–Trinajstić information content (AvgIpc) is 2.94. The third-order valence-corrected chi connectivity index (χ3v) is 4.93. The van der Waals surface area contributed by atoms with E-state index in [1.807, 2.05) is 11.8 Å². The highest BCUT2D eigenvalue weighted by molar-refractivity contribution is 7.99. The molecular weight excluding hydrogens is 268 g/mol. The first kappa shape index (κ1) is 15.4. The smallest absolute Gasteiger partial charge is 0.137 e. The lowest BCUT2D eigenvalue weighted by molar-refractivity contribution is 0.678. The first-order chi connectivity index (χ1) is 9.54. The molecule has 2 heterocycles. The quantitative estimate of drug-likeness (QED) is 0.902. The van der Waals surface area contributed by atoms with Gasteiger partial charge in [-0.05, 0) is 26.0 Å². The molecule has 0 bridgehead atoms. The van der Waals surface area contributed by atoms with Gasteiger partial charge in [0.2, 0.25) is 0 Å². The van der Waals surface area contributed by atoms with Crippen LogP contribution in [0.3, 0.4) is 0 Å². The van der Waals surface area contributed by atoms with Crippen LogP contribution in [0.5, 0.6) is 0 Å². The minimum atomic E-state index is 0.345. The second kappa shape index (κ2) is 6.66. The normalized spacial score (nSPS) is 18.6. The van der Waals surface area contributed by atoms with Gasteiger partial charge in [-0.3, -0.25) is 0 Å². The van der Waals surface area contributed by atoms with Gasteiger partial charge in [-0.25, -0.2) is 9.97 Å². The highest BCUT2D eigenvalue weighted by Gasteiger charge is 2.24. The Labute approximate surface area is 126 Å². The van der Waals surface area contributed by atoms with Crippen molar-refractivity contribution < 1.29 is 0 Å². The molecule has 1 fully saturated rings. The summed E-state index contributed by atoms with van der Waals surface area (Å²) in [5, 5.41) is 3.37. The van der Waals surface area contributed by atoms with E-state index in [2.05, 4.69) is 49.9 Å². The maximum absolute atomic E-state index is 4.82. The van der Waals surface area contributed by atoms with Crippen molar-refractivity contribution in [3.63, 3.8) is 0 Å². The van der Waals surface area contributed by atoms with E-state index in [0.29, 0.717) is 12.0 Å². The van der Waals surface area contributed by atoms with Gasteiger partial charge < -0.3 is 10.2 Å². The van der Waals surface area contributed by atoms with Crippen LogP contribution >= 0.6 is 11.8 Å². The summed E-state index contributed by atoms with van der Waals surface area (Å²) in [7, 11) is 2.17. The summed E-state index contributed by atoms with van der Waals surface area (Å²) in [5.41, 5.74) is 1.16. The zero-order valence-electron chi connectivity index (χ0n) is 13.2. The summed E-state index contributed by atoms with van der Waals surface area (Å²) in [5.74, 6) is 5.81. The maximum atomic E-state index is 4.82. The van der Waals surface area contributed by atoms with E-state index < -0.39 is 0 Å². The summed E-state index contributed by atoms with van der Waals surface area (Å²) in [6.45, 7) is 9.41. The molecule has 0 aromatic carbocycles. The first-order valence-corrected chi connectivity index (χ1v) is 8.63. The molecule has 4 nitrogen and oxygen atoms in total. The number of anilines is 2. The van der Waals surface area contributed by atoms with Crippen molar-refractivity contribution in [2.24, 2.45) is 0 Å². The van der Waals surface area contributed by atoms with Crippen molar-refractivity contribution in [1.82, 2.24) is 9.97 Å². The van der Waals surface area contributed by atoms with Gasteiger partial charge >= 0.3 is 0 Å². The molecule has 0 saturated carbocycles. The third-order valence-electron chi connectivity index (χ3n) is 3.79. The molecule has 112 valence electrons. The molecule has 1 aliphatic rings. The molecule has 1 N–H and O–H groups in total. The van der Waals surface area contributed by atoms with Crippen LogP contribution in [0.15, 0.2) is 0 Å². The number of thioether (sulfide) groups is 1. The summed E-state index contributed by atoms with van der Waals surface area (Å²) in [6, 6.07) is 0.600. The highest BCUT2D eigenvalue weighted by atomic mass is 32.2. The fourth-order valence-corrected chi connectivity index (χ4v) is 3.73. The van der Waals surface area contributed by atoms with Crippen molar-refractivity contribution in [2.75, 3.05) is 35.3 Å². The lowest BCUT2D eigenvalue weighted by atomic mass is 10.1. The molecule has 0 spiro atoms. The van der Waals surface area contributed by atoms with Crippen LogP contribution in [0.2, 0.25) is 0 Å². The number of hydrogen-bond acceptors (Lipinski definition) is 5. The van der Waals surface area contributed by atoms with Crippen LogP contribution in [0.4, 0.5) is 11.6 Å².